The minimum absolute atomic E-state index is 0. The lowest BCUT2D eigenvalue weighted by Gasteiger charge is -2.06. The van der Waals surface area contributed by atoms with E-state index in [1.54, 1.807) is 24.3 Å². The van der Waals surface area contributed by atoms with E-state index >= 15 is 0 Å². The molecule has 0 bridgehead atoms. The fraction of sp³-hybridized carbons (Fsp3) is 0. The molecule has 0 aliphatic rings. The van der Waals surface area contributed by atoms with E-state index in [4.69, 9.17) is 11.1 Å². The van der Waals surface area contributed by atoms with E-state index in [1.165, 1.54) is 24.3 Å². The van der Waals surface area contributed by atoms with Crippen molar-refractivity contribution in [2.24, 2.45) is 5.73 Å². The zero-order valence-electron chi connectivity index (χ0n) is 10.4. The Hall–Kier alpha value is -2.40. The van der Waals surface area contributed by atoms with Crippen LogP contribution in [-0.2, 0) is 0 Å². The smallest absolute Gasteiger partial charge is 0.255 e. The van der Waals surface area contributed by atoms with E-state index < -0.39 is 11.7 Å². The van der Waals surface area contributed by atoms with Crippen LogP contribution in [0.15, 0.2) is 48.5 Å². The number of rotatable bonds is 3. The Bertz CT molecular complexity index is 629. The third-order valence-corrected chi connectivity index (χ3v) is 2.58. The van der Waals surface area contributed by atoms with Crippen LogP contribution in [0.5, 0.6) is 0 Å². The lowest BCUT2D eigenvalue weighted by atomic mass is 10.1. The Labute approximate surface area is 121 Å². The van der Waals surface area contributed by atoms with E-state index in [0.717, 1.165) is 0 Å². The highest BCUT2D eigenvalue weighted by atomic mass is 35.5. The number of amides is 1. The molecule has 0 saturated carbocycles. The quantitative estimate of drug-likeness (QED) is 0.601. The van der Waals surface area contributed by atoms with Crippen LogP contribution in [0.4, 0.5) is 10.1 Å². The molecule has 0 aromatic heterocycles. The van der Waals surface area contributed by atoms with Crippen LogP contribution in [0.25, 0.3) is 0 Å². The first-order valence-electron chi connectivity index (χ1n) is 5.58. The lowest BCUT2D eigenvalue weighted by Crippen LogP contribution is -2.14. The number of amidine groups is 1. The van der Waals surface area contributed by atoms with Gasteiger partial charge in [-0.25, -0.2) is 4.39 Å². The molecule has 0 heterocycles. The summed E-state index contributed by atoms with van der Waals surface area (Å²) >= 11 is 0. The molecule has 0 spiro atoms. The molecule has 2 aromatic rings. The highest BCUT2D eigenvalue weighted by molar-refractivity contribution is 6.05. The van der Waals surface area contributed by atoms with Crippen LogP contribution in [0.3, 0.4) is 0 Å². The minimum atomic E-state index is -0.490. The Kier molecular flexibility index (Phi) is 5.23. The number of anilines is 1. The van der Waals surface area contributed by atoms with Crippen LogP contribution in [0.2, 0.25) is 0 Å². The second-order valence-electron chi connectivity index (χ2n) is 3.92. The molecule has 6 heteroatoms. The summed E-state index contributed by atoms with van der Waals surface area (Å²) in [5.41, 5.74) is 6.34. The van der Waals surface area contributed by atoms with Gasteiger partial charge in [-0.1, -0.05) is 24.3 Å². The van der Waals surface area contributed by atoms with Gasteiger partial charge in [0.05, 0.1) is 5.69 Å². The number of carbonyl (C=O) groups excluding carboxylic acids is 1. The average molecular weight is 294 g/mol. The van der Waals surface area contributed by atoms with Gasteiger partial charge in [0.15, 0.2) is 0 Å². The summed E-state index contributed by atoms with van der Waals surface area (Å²) in [6, 6.07) is 12.1. The van der Waals surface area contributed by atoms with Crippen molar-refractivity contribution in [1.82, 2.24) is 0 Å². The van der Waals surface area contributed by atoms with Gasteiger partial charge in [0, 0.05) is 11.1 Å². The van der Waals surface area contributed by atoms with Crippen LogP contribution in [-0.4, -0.2) is 11.7 Å². The number of nitrogens with one attached hydrogen (secondary N) is 2. The standard InChI is InChI=1S/C14H12FN3O.ClH/c15-11-3-1-2-4-12(11)18-14(19)10-7-5-9(6-8-10)13(16)17;/h1-8H,(H3,16,17)(H,18,19);1H. The van der Waals surface area contributed by atoms with Crippen LogP contribution in [0.1, 0.15) is 15.9 Å². The molecule has 20 heavy (non-hydrogen) atoms. The first-order valence-corrected chi connectivity index (χ1v) is 5.58. The van der Waals surface area contributed by atoms with Crippen molar-refractivity contribution in [3.63, 3.8) is 0 Å². The normalized spacial score (nSPS) is 9.45. The molecule has 104 valence electrons. The molecule has 0 aliphatic heterocycles. The third-order valence-electron chi connectivity index (χ3n) is 2.58. The third kappa shape index (κ3) is 3.55. The Morgan fingerprint density at radius 2 is 1.60 bits per heavy atom. The SMILES string of the molecule is Cl.N=C(N)c1ccc(C(=O)Nc2ccccc2F)cc1. The molecule has 0 atom stereocenters. The minimum Gasteiger partial charge on any atom is -0.384 e. The number of benzene rings is 2. The van der Waals surface area contributed by atoms with E-state index in [2.05, 4.69) is 5.32 Å². The number of para-hydroxylation sites is 1. The van der Waals surface area contributed by atoms with Crippen LogP contribution >= 0.6 is 12.4 Å². The van der Waals surface area contributed by atoms with Crippen molar-refractivity contribution >= 4 is 29.8 Å². The number of nitrogens with two attached hydrogens (primary N) is 1. The van der Waals surface area contributed by atoms with Crippen molar-refractivity contribution in [3.05, 3.63) is 65.5 Å². The second-order valence-corrected chi connectivity index (χ2v) is 3.92. The maximum atomic E-state index is 13.4. The fourth-order valence-corrected chi connectivity index (χ4v) is 1.56. The Morgan fingerprint density at radius 3 is 2.15 bits per heavy atom. The average Bonchev–Trinajstić information content (AvgIpc) is 2.41. The van der Waals surface area contributed by atoms with Crippen molar-refractivity contribution in [2.75, 3.05) is 5.32 Å². The molecule has 1 amide bonds. The summed E-state index contributed by atoms with van der Waals surface area (Å²) in [4.78, 5) is 11.9. The molecule has 0 aliphatic carbocycles. The molecule has 4 nitrogen and oxygen atoms in total. The van der Waals surface area contributed by atoms with Gasteiger partial charge in [-0.2, -0.15) is 0 Å². The molecule has 0 unspecified atom stereocenters. The van der Waals surface area contributed by atoms with Gasteiger partial charge in [-0.3, -0.25) is 10.2 Å². The largest absolute Gasteiger partial charge is 0.384 e. The number of nitrogen functional groups attached to an aromatic ring is 1. The van der Waals surface area contributed by atoms with Crippen molar-refractivity contribution in [2.45, 2.75) is 0 Å². The summed E-state index contributed by atoms with van der Waals surface area (Å²) < 4.78 is 13.4. The summed E-state index contributed by atoms with van der Waals surface area (Å²) in [6.07, 6.45) is 0. The summed E-state index contributed by atoms with van der Waals surface area (Å²) in [7, 11) is 0. The van der Waals surface area contributed by atoms with Crippen LogP contribution < -0.4 is 11.1 Å². The van der Waals surface area contributed by atoms with Crippen molar-refractivity contribution < 1.29 is 9.18 Å². The maximum absolute atomic E-state index is 13.4. The number of hydrogen-bond acceptors (Lipinski definition) is 2. The van der Waals surface area contributed by atoms with E-state index in [-0.39, 0.29) is 23.9 Å². The lowest BCUT2D eigenvalue weighted by molar-refractivity contribution is 0.102. The zero-order chi connectivity index (χ0) is 13.8. The Balaban J connectivity index is 0.00000200. The molecule has 0 fully saturated rings. The maximum Gasteiger partial charge on any atom is 0.255 e. The van der Waals surface area contributed by atoms with Gasteiger partial charge < -0.3 is 11.1 Å². The van der Waals surface area contributed by atoms with Crippen molar-refractivity contribution in [3.8, 4) is 0 Å². The first kappa shape index (κ1) is 15.7. The van der Waals surface area contributed by atoms with Crippen LogP contribution in [0, 0.1) is 11.2 Å². The van der Waals surface area contributed by atoms with Gasteiger partial charge >= 0.3 is 0 Å². The monoisotopic (exact) mass is 293 g/mol. The summed E-state index contributed by atoms with van der Waals surface area (Å²) in [5.74, 6) is -0.975. The van der Waals surface area contributed by atoms with Gasteiger partial charge in [0.2, 0.25) is 0 Å². The molecule has 0 saturated heterocycles. The van der Waals surface area contributed by atoms with Gasteiger partial charge in [0.25, 0.3) is 5.91 Å². The molecule has 2 aromatic carbocycles. The summed E-state index contributed by atoms with van der Waals surface area (Å²) in [6.45, 7) is 0. The molecular weight excluding hydrogens is 281 g/mol. The van der Waals surface area contributed by atoms with E-state index in [9.17, 15) is 9.18 Å². The first-order chi connectivity index (χ1) is 9.08. The highest BCUT2D eigenvalue weighted by Gasteiger charge is 2.09. The zero-order valence-corrected chi connectivity index (χ0v) is 11.2. The number of halogens is 2. The Morgan fingerprint density at radius 1 is 1.05 bits per heavy atom. The molecule has 0 radical (unpaired) electrons. The summed E-state index contributed by atoms with van der Waals surface area (Å²) in [5, 5.41) is 9.72. The predicted molar refractivity (Wildman–Crippen MR) is 79.1 cm³/mol. The van der Waals surface area contributed by atoms with Gasteiger partial charge in [0.1, 0.15) is 11.7 Å². The highest BCUT2D eigenvalue weighted by Crippen LogP contribution is 2.14. The van der Waals surface area contributed by atoms with Crippen molar-refractivity contribution in [1.29, 1.82) is 5.41 Å². The van der Waals surface area contributed by atoms with Gasteiger partial charge in [-0.15, -0.1) is 12.4 Å². The number of hydrogen-bond donors (Lipinski definition) is 3. The van der Waals surface area contributed by atoms with Gasteiger partial charge in [-0.05, 0) is 24.3 Å². The number of carbonyl (C=O) groups is 1. The molecule has 4 N–H and O–H groups in total. The molecule has 2 rings (SSSR count). The fourth-order valence-electron chi connectivity index (χ4n) is 1.56. The predicted octanol–water partition coefficient (Wildman–Crippen LogP) is 2.78. The second kappa shape index (κ2) is 6.68. The van der Waals surface area contributed by atoms with E-state index in [0.29, 0.717) is 11.1 Å². The van der Waals surface area contributed by atoms with E-state index in [1.807, 2.05) is 0 Å². The topological polar surface area (TPSA) is 79.0 Å². The molecular formula is C14H13ClFN3O.